The van der Waals surface area contributed by atoms with Crippen molar-refractivity contribution in [1.82, 2.24) is 0 Å². The molecule has 0 radical (unpaired) electrons. The zero-order valence-corrected chi connectivity index (χ0v) is 15.0. The monoisotopic (exact) mass is 334 g/mol. The van der Waals surface area contributed by atoms with Gasteiger partial charge in [0.25, 0.3) is 0 Å². The molecule has 0 rings (SSSR count). The van der Waals surface area contributed by atoms with Gasteiger partial charge in [-0.3, -0.25) is 9.13 Å². The standard InChI is InChI=1S/C10H25O6P3/c1-6-13-18(11,14-7-2)17(10-5)19(12,15-8-3)16-9-4/h6-10H2,1-5H3. The lowest BCUT2D eigenvalue weighted by molar-refractivity contribution is 0.229. The lowest BCUT2D eigenvalue weighted by atomic mass is 10.9. The third-order valence-corrected chi connectivity index (χ3v) is 16.5. The van der Waals surface area contributed by atoms with Crippen LogP contribution in [-0.4, -0.2) is 32.6 Å². The summed E-state index contributed by atoms with van der Waals surface area (Å²) in [5, 5.41) is 0. The van der Waals surface area contributed by atoms with Crippen molar-refractivity contribution in [3.05, 3.63) is 0 Å². The van der Waals surface area contributed by atoms with E-state index in [2.05, 4.69) is 0 Å². The summed E-state index contributed by atoms with van der Waals surface area (Å²) in [4.78, 5) is 0. The van der Waals surface area contributed by atoms with Crippen LogP contribution in [0.2, 0.25) is 0 Å². The summed E-state index contributed by atoms with van der Waals surface area (Å²) < 4.78 is 46.8. The second kappa shape index (κ2) is 9.63. The van der Waals surface area contributed by atoms with Gasteiger partial charge in [-0.05, 0) is 33.9 Å². The molecule has 0 aromatic rings. The van der Waals surface area contributed by atoms with Crippen LogP contribution in [0.1, 0.15) is 34.6 Å². The summed E-state index contributed by atoms with van der Waals surface area (Å²) in [6.45, 7) is 9.61. The quantitative estimate of drug-likeness (QED) is 0.503. The van der Waals surface area contributed by atoms with Crippen molar-refractivity contribution in [2.24, 2.45) is 0 Å². The van der Waals surface area contributed by atoms with E-state index in [9.17, 15) is 9.13 Å². The average molecular weight is 334 g/mol. The SMILES string of the molecule is CCOP(=O)(OCC)P(CC)P(=O)(OCC)OCC. The van der Waals surface area contributed by atoms with Crippen LogP contribution in [0.15, 0.2) is 0 Å². The predicted molar refractivity (Wildman–Crippen MR) is 79.2 cm³/mol. The molecule has 0 aliphatic carbocycles. The van der Waals surface area contributed by atoms with Crippen LogP contribution in [0.3, 0.4) is 0 Å². The van der Waals surface area contributed by atoms with E-state index in [0.717, 1.165) is 0 Å². The van der Waals surface area contributed by atoms with Gasteiger partial charge in [0.15, 0.2) is 0 Å². The van der Waals surface area contributed by atoms with E-state index < -0.39 is 21.9 Å². The Kier molecular flexibility index (Phi) is 10.00. The minimum atomic E-state index is -3.46. The van der Waals surface area contributed by atoms with Gasteiger partial charge in [-0.25, -0.2) is 0 Å². The lowest BCUT2D eigenvalue weighted by Gasteiger charge is -2.30. The van der Waals surface area contributed by atoms with E-state index in [0.29, 0.717) is 6.16 Å². The first-order valence-electron chi connectivity index (χ1n) is 6.50. The molecule has 0 saturated heterocycles. The second-order valence-electron chi connectivity index (χ2n) is 3.30. The molecule has 0 aliphatic rings. The molecule has 0 aliphatic heterocycles. The van der Waals surface area contributed by atoms with Crippen molar-refractivity contribution in [3.8, 4) is 0 Å². The minimum Gasteiger partial charge on any atom is -0.306 e. The fourth-order valence-corrected chi connectivity index (χ4v) is 14.6. The first-order valence-corrected chi connectivity index (χ1v) is 12.5. The normalized spacial score (nSPS) is 13.2. The molecule has 6 nitrogen and oxygen atoms in total. The van der Waals surface area contributed by atoms with E-state index in [1.54, 1.807) is 34.6 Å². The van der Waals surface area contributed by atoms with Crippen LogP contribution in [0.5, 0.6) is 0 Å². The average Bonchev–Trinajstić information content (AvgIpc) is 2.30. The molecule has 9 heteroatoms. The summed E-state index contributed by atoms with van der Waals surface area (Å²) in [6.07, 6.45) is 0.393. The molecule has 19 heavy (non-hydrogen) atoms. The molecular formula is C10H25O6P3. The third-order valence-electron chi connectivity index (χ3n) is 2.02. The van der Waals surface area contributed by atoms with E-state index in [1.165, 1.54) is 0 Å². The van der Waals surface area contributed by atoms with Gasteiger partial charge >= 0.3 is 14.6 Å². The Labute approximate surface area is 117 Å². The molecule has 0 N–H and O–H groups in total. The molecule has 0 atom stereocenters. The molecule has 0 spiro atoms. The van der Waals surface area contributed by atoms with Gasteiger partial charge in [-0.15, -0.1) is 0 Å². The molecule has 0 fully saturated rings. The molecule has 0 heterocycles. The fraction of sp³-hybridized carbons (Fsp3) is 1.00. The maximum atomic E-state index is 12.8. The summed E-state index contributed by atoms with van der Waals surface area (Å²) in [7, 11) is -8.57. The van der Waals surface area contributed by atoms with Crippen molar-refractivity contribution in [2.45, 2.75) is 34.6 Å². The van der Waals surface area contributed by atoms with E-state index >= 15 is 0 Å². The molecule has 0 saturated carbocycles. The lowest BCUT2D eigenvalue weighted by Crippen LogP contribution is -2.01. The topological polar surface area (TPSA) is 71.1 Å². The maximum Gasteiger partial charge on any atom is 0.361 e. The van der Waals surface area contributed by atoms with E-state index in [4.69, 9.17) is 18.1 Å². The van der Waals surface area contributed by atoms with Crippen LogP contribution in [0.4, 0.5) is 0 Å². The molecule has 0 aromatic carbocycles. The van der Waals surface area contributed by atoms with Gasteiger partial charge < -0.3 is 18.1 Å². The molecule has 116 valence electrons. The largest absolute Gasteiger partial charge is 0.361 e. The highest BCUT2D eigenvalue weighted by Crippen LogP contribution is 2.95. The smallest absolute Gasteiger partial charge is 0.306 e. The van der Waals surface area contributed by atoms with Crippen molar-refractivity contribution < 1.29 is 27.2 Å². The fourth-order valence-electron chi connectivity index (χ4n) is 1.47. The molecule has 0 amide bonds. The van der Waals surface area contributed by atoms with Gasteiger partial charge in [0.1, 0.15) is 7.30 Å². The highest BCUT2D eigenvalue weighted by Gasteiger charge is 2.49. The summed E-state index contributed by atoms with van der Waals surface area (Å²) in [6, 6.07) is 0. The number of hydrogen-bond acceptors (Lipinski definition) is 6. The van der Waals surface area contributed by atoms with Gasteiger partial charge in [-0.2, -0.15) is 0 Å². The zero-order valence-electron chi connectivity index (χ0n) is 12.3. The van der Waals surface area contributed by atoms with Gasteiger partial charge in [0.2, 0.25) is 0 Å². The predicted octanol–water partition coefficient (Wildman–Crippen LogP) is 4.85. The second-order valence-corrected chi connectivity index (χ2v) is 14.4. The van der Waals surface area contributed by atoms with E-state index in [-0.39, 0.29) is 26.4 Å². The molecule has 0 aromatic heterocycles. The summed E-state index contributed by atoms with van der Waals surface area (Å²) in [5.41, 5.74) is 0. The van der Waals surface area contributed by atoms with Gasteiger partial charge in [-0.1, -0.05) is 6.92 Å². The van der Waals surface area contributed by atoms with Crippen molar-refractivity contribution in [2.75, 3.05) is 32.6 Å². The van der Waals surface area contributed by atoms with Crippen LogP contribution in [0, 0.1) is 0 Å². The molecule has 0 unspecified atom stereocenters. The third kappa shape index (κ3) is 5.55. The Morgan fingerprint density at radius 3 is 1.11 bits per heavy atom. The van der Waals surface area contributed by atoms with Crippen molar-refractivity contribution in [3.63, 3.8) is 0 Å². The Morgan fingerprint density at radius 2 is 0.947 bits per heavy atom. The van der Waals surface area contributed by atoms with Crippen LogP contribution in [-0.2, 0) is 27.2 Å². The highest BCUT2D eigenvalue weighted by atomic mass is 32.5. The first-order chi connectivity index (χ1) is 8.94. The van der Waals surface area contributed by atoms with Crippen LogP contribution in [0.25, 0.3) is 0 Å². The van der Waals surface area contributed by atoms with Crippen LogP contribution >= 0.6 is 21.9 Å². The Balaban J connectivity index is 5.41. The summed E-state index contributed by atoms with van der Waals surface area (Å²) in [5.74, 6) is 0. The maximum absolute atomic E-state index is 12.8. The Bertz CT molecular complexity index is 285. The Morgan fingerprint density at radius 1 is 0.684 bits per heavy atom. The number of hydrogen-bond donors (Lipinski definition) is 0. The van der Waals surface area contributed by atoms with Crippen LogP contribution < -0.4 is 0 Å². The first kappa shape index (κ1) is 19.7. The van der Waals surface area contributed by atoms with Crippen molar-refractivity contribution in [1.29, 1.82) is 0 Å². The molecular weight excluding hydrogens is 309 g/mol. The van der Waals surface area contributed by atoms with Crippen molar-refractivity contribution >= 4 is 21.9 Å². The highest BCUT2D eigenvalue weighted by molar-refractivity contribution is 8.59. The summed E-state index contributed by atoms with van der Waals surface area (Å²) >= 11 is 0. The minimum absolute atomic E-state index is 0.231. The van der Waals surface area contributed by atoms with Gasteiger partial charge in [0, 0.05) is 0 Å². The Hall–Kier alpha value is 0.730. The zero-order chi connectivity index (χ0) is 14.9. The van der Waals surface area contributed by atoms with E-state index in [1.807, 2.05) is 0 Å². The molecule has 0 bridgehead atoms. The number of rotatable bonds is 11. The van der Waals surface area contributed by atoms with Gasteiger partial charge in [0.05, 0.1) is 26.4 Å².